The number of aliphatic hydroxyl groups is 2. The molecule has 0 aromatic heterocycles. The molecule has 122 valence electrons. The first-order chi connectivity index (χ1) is 9.20. The summed E-state index contributed by atoms with van der Waals surface area (Å²) >= 11 is 0. The number of benzene rings is 1. The molecule has 1 saturated heterocycles. The SMILES string of the molecule is Cl.Cl.NC(Cc1ccccc1)C(O)CN1CCC[C@H]1CO. The molecule has 0 spiro atoms. The molecular formula is C15H26Cl2N2O2. The van der Waals surface area contributed by atoms with Crippen LogP contribution < -0.4 is 5.73 Å². The van der Waals surface area contributed by atoms with E-state index in [4.69, 9.17) is 5.73 Å². The van der Waals surface area contributed by atoms with Crippen LogP contribution in [-0.4, -0.2) is 53.0 Å². The topological polar surface area (TPSA) is 69.7 Å². The zero-order valence-corrected chi connectivity index (χ0v) is 13.7. The predicted octanol–water partition coefficient (Wildman–Crippen LogP) is 1.22. The van der Waals surface area contributed by atoms with Gasteiger partial charge in [0.25, 0.3) is 0 Å². The quantitative estimate of drug-likeness (QED) is 0.730. The van der Waals surface area contributed by atoms with E-state index in [1.54, 1.807) is 0 Å². The maximum atomic E-state index is 10.2. The molecule has 1 aromatic carbocycles. The van der Waals surface area contributed by atoms with Crippen LogP contribution in [0.15, 0.2) is 30.3 Å². The van der Waals surface area contributed by atoms with Crippen molar-refractivity contribution in [1.29, 1.82) is 0 Å². The Morgan fingerprint density at radius 1 is 1.24 bits per heavy atom. The highest BCUT2D eigenvalue weighted by Gasteiger charge is 2.27. The van der Waals surface area contributed by atoms with Crippen LogP contribution in [0, 0.1) is 0 Å². The average molecular weight is 337 g/mol. The van der Waals surface area contributed by atoms with Gasteiger partial charge in [-0.15, -0.1) is 24.8 Å². The molecule has 2 rings (SSSR count). The van der Waals surface area contributed by atoms with Gasteiger partial charge in [0, 0.05) is 18.6 Å². The molecule has 0 saturated carbocycles. The molecule has 4 N–H and O–H groups in total. The van der Waals surface area contributed by atoms with Crippen LogP contribution in [0.1, 0.15) is 18.4 Å². The Morgan fingerprint density at radius 2 is 1.90 bits per heavy atom. The van der Waals surface area contributed by atoms with Crippen molar-refractivity contribution in [3.63, 3.8) is 0 Å². The standard InChI is InChI=1S/C15H24N2O2.2ClH/c16-14(9-12-5-2-1-3-6-12)15(19)10-17-8-4-7-13(17)11-18;;/h1-3,5-6,13-15,18-19H,4,7-11,16H2;2*1H/t13-,14?,15?;;/m0../s1. The number of aliphatic hydroxyl groups excluding tert-OH is 2. The largest absolute Gasteiger partial charge is 0.395 e. The highest BCUT2D eigenvalue weighted by molar-refractivity contribution is 5.85. The molecule has 0 aliphatic carbocycles. The van der Waals surface area contributed by atoms with Gasteiger partial charge in [-0.05, 0) is 31.4 Å². The number of halogens is 2. The lowest BCUT2D eigenvalue weighted by Crippen LogP contribution is -2.46. The molecule has 1 aliphatic heterocycles. The van der Waals surface area contributed by atoms with E-state index in [-0.39, 0.29) is 43.5 Å². The lowest BCUT2D eigenvalue weighted by Gasteiger charge is -2.28. The van der Waals surface area contributed by atoms with Crippen molar-refractivity contribution in [3.05, 3.63) is 35.9 Å². The van der Waals surface area contributed by atoms with E-state index >= 15 is 0 Å². The summed E-state index contributed by atoms with van der Waals surface area (Å²) in [6, 6.07) is 9.92. The second-order valence-corrected chi connectivity index (χ2v) is 5.39. The Morgan fingerprint density at radius 3 is 2.52 bits per heavy atom. The van der Waals surface area contributed by atoms with Gasteiger partial charge in [-0.1, -0.05) is 30.3 Å². The van der Waals surface area contributed by atoms with Crippen molar-refractivity contribution in [2.24, 2.45) is 5.73 Å². The number of nitrogens with zero attached hydrogens (tertiary/aromatic N) is 1. The molecule has 1 aliphatic rings. The molecule has 6 heteroatoms. The summed E-state index contributed by atoms with van der Waals surface area (Å²) in [5, 5.41) is 19.5. The number of nitrogens with two attached hydrogens (primary N) is 1. The maximum absolute atomic E-state index is 10.2. The Balaban J connectivity index is 0.00000200. The zero-order chi connectivity index (χ0) is 13.7. The summed E-state index contributed by atoms with van der Waals surface area (Å²) in [4.78, 5) is 2.15. The van der Waals surface area contributed by atoms with Crippen molar-refractivity contribution >= 4 is 24.8 Å². The molecule has 0 radical (unpaired) electrons. The molecule has 0 bridgehead atoms. The van der Waals surface area contributed by atoms with Crippen molar-refractivity contribution in [2.75, 3.05) is 19.7 Å². The minimum atomic E-state index is -0.549. The van der Waals surface area contributed by atoms with Crippen LogP contribution in [-0.2, 0) is 6.42 Å². The fraction of sp³-hybridized carbons (Fsp3) is 0.600. The van der Waals surface area contributed by atoms with Gasteiger partial charge in [0.1, 0.15) is 0 Å². The fourth-order valence-corrected chi connectivity index (χ4v) is 2.74. The van der Waals surface area contributed by atoms with E-state index in [1.807, 2.05) is 30.3 Å². The Hall–Kier alpha value is -0.360. The first kappa shape index (κ1) is 20.6. The molecule has 4 nitrogen and oxygen atoms in total. The Kier molecular flexibility index (Phi) is 10.2. The summed E-state index contributed by atoms with van der Waals surface area (Å²) in [7, 11) is 0. The normalized spacial score (nSPS) is 21.2. The first-order valence-corrected chi connectivity index (χ1v) is 7.03. The number of β-amino-alcohol motifs (C(OH)–C–C–N with tert-alkyl or cyclic N) is 1. The van der Waals surface area contributed by atoms with Crippen LogP contribution in [0.3, 0.4) is 0 Å². The van der Waals surface area contributed by atoms with Gasteiger partial charge in [-0.3, -0.25) is 4.90 Å². The van der Waals surface area contributed by atoms with Gasteiger partial charge in [-0.2, -0.15) is 0 Å². The lowest BCUT2D eigenvalue weighted by molar-refractivity contribution is 0.0697. The second kappa shape index (κ2) is 10.4. The monoisotopic (exact) mass is 336 g/mol. The molecular weight excluding hydrogens is 311 g/mol. The van der Waals surface area contributed by atoms with Crippen LogP contribution in [0.2, 0.25) is 0 Å². The summed E-state index contributed by atoms with van der Waals surface area (Å²) in [5.74, 6) is 0. The summed E-state index contributed by atoms with van der Waals surface area (Å²) in [6.45, 7) is 1.67. The minimum Gasteiger partial charge on any atom is -0.395 e. The molecule has 1 heterocycles. The number of hydrogen-bond acceptors (Lipinski definition) is 4. The summed E-state index contributed by atoms with van der Waals surface area (Å²) in [6.07, 6.45) is 2.23. The smallest absolute Gasteiger partial charge is 0.0821 e. The number of hydrogen-bond donors (Lipinski definition) is 3. The Bertz CT molecular complexity index is 381. The van der Waals surface area contributed by atoms with Crippen LogP contribution in [0.25, 0.3) is 0 Å². The van der Waals surface area contributed by atoms with Crippen molar-refractivity contribution in [3.8, 4) is 0 Å². The first-order valence-electron chi connectivity index (χ1n) is 7.03. The van der Waals surface area contributed by atoms with E-state index in [9.17, 15) is 10.2 Å². The van der Waals surface area contributed by atoms with E-state index < -0.39 is 6.10 Å². The number of likely N-dealkylation sites (tertiary alicyclic amines) is 1. The van der Waals surface area contributed by atoms with Crippen LogP contribution in [0.5, 0.6) is 0 Å². The molecule has 0 amide bonds. The van der Waals surface area contributed by atoms with Crippen LogP contribution in [0.4, 0.5) is 0 Å². The van der Waals surface area contributed by atoms with Gasteiger partial charge < -0.3 is 15.9 Å². The van der Waals surface area contributed by atoms with E-state index in [0.717, 1.165) is 24.9 Å². The zero-order valence-electron chi connectivity index (χ0n) is 12.1. The second-order valence-electron chi connectivity index (χ2n) is 5.39. The van der Waals surface area contributed by atoms with Gasteiger partial charge in [0.15, 0.2) is 0 Å². The molecule has 3 atom stereocenters. The average Bonchev–Trinajstić information content (AvgIpc) is 2.87. The molecule has 1 aromatic rings. The maximum Gasteiger partial charge on any atom is 0.0821 e. The molecule has 1 fully saturated rings. The third-order valence-corrected chi connectivity index (χ3v) is 3.94. The van der Waals surface area contributed by atoms with Gasteiger partial charge in [0.05, 0.1) is 12.7 Å². The minimum absolute atomic E-state index is 0. The third kappa shape index (κ3) is 6.10. The van der Waals surface area contributed by atoms with Gasteiger partial charge in [0.2, 0.25) is 0 Å². The van der Waals surface area contributed by atoms with Crippen molar-refractivity contribution in [2.45, 2.75) is 37.5 Å². The van der Waals surface area contributed by atoms with E-state index in [1.165, 1.54) is 0 Å². The van der Waals surface area contributed by atoms with Crippen molar-refractivity contribution < 1.29 is 10.2 Å². The molecule has 2 unspecified atom stereocenters. The van der Waals surface area contributed by atoms with Crippen molar-refractivity contribution in [1.82, 2.24) is 4.90 Å². The molecule has 21 heavy (non-hydrogen) atoms. The highest BCUT2D eigenvalue weighted by Crippen LogP contribution is 2.17. The lowest BCUT2D eigenvalue weighted by atomic mass is 10.0. The predicted molar refractivity (Wildman–Crippen MR) is 90.3 cm³/mol. The van der Waals surface area contributed by atoms with Gasteiger partial charge in [-0.25, -0.2) is 0 Å². The highest BCUT2D eigenvalue weighted by atomic mass is 35.5. The fourth-order valence-electron chi connectivity index (χ4n) is 2.74. The Labute approximate surface area is 139 Å². The summed E-state index contributed by atoms with van der Waals surface area (Å²) < 4.78 is 0. The number of rotatable bonds is 6. The van der Waals surface area contributed by atoms with Crippen LogP contribution >= 0.6 is 24.8 Å². The summed E-state index contributed by atoms with van der Waals surface area (Å²) in [5.41, 5.74) is 7.22. The van der Waals surface area contributed by atoms with E-state index in [0.29, 0.717) is 13.0 Å². The van der Waals surface area contributed by atoms with Gasteiger partial charge >= 0.3 is 0 Å². The van der Waals surface area contributed by atoms with E-state index in [2.05, 4.69) is 4.90 Å². The third-order valence-electron chi connectivity index (χ3n) is 3.94.